The van der Waals surface area contributed by atoms with Gasteiger partial charge in [0.15, 0.2) is 0 Å². The van der Waals surface area contributed by atoms with Gasteiger partial charge in [-0.05, 0) is 0 Å². The zero-order chi connectivity index (χ0) is 66.2. The summed E-state index contributed by atoms with van der Waals surface area (Å²) in [5.41, 5.74) is 0. The van der Waals surface area contributed by atoms with E-state index >= 15 is 0 Å². The van der Waals surface area contributed by atoms with Crippen molar-refractivity contribution in [3.8, 4) is 34.5 Å². The van der Waals surface area contributed by atoms with Gasteiger partial charge in [0.2, 0.25) is 0 Å². The van der Waals surface area contributed by atoms with E-state index in [0.29, 0.717) is 34.5 Å². The van der Waals surface area contributed by atoms with Gasteiger partial charge in [0.05, 0.1) is 0 Å². The van der Waals surface area contributed by atoms with Crippen LogP contribution in [0.1, 0.15) is 0 Å². The van der Waals surface area contributed by atoms with Gasteiger partial charge < -0.3 is 0 Å². The van der Waals surface area contributed by atoms with Crippen LogP contribution in [0.25, 0.3) is 0 Å². The Hall–Kier alpha value is -7.01. The second-order valence-electron chi connectivity index (χ2n) is 18.0. The van der Waals surface area contributed by atoms with Crippen molar-refractivity contribution < 1.29 is 57.2 Å². The third-order valence-corrected chi connectivity index (χ3v) is 72.2. The molecule has 7 aromatic rings. The van der Waals surface area contributed by atoms with Crippen molar-refractivity contribution in [3.63, 3.8) is 0 Å². The van der Waals surface area contributed by atoms with Gasteiger partial charge in [-0.15, -0.1) is 0 Å². The van der Waals surface area contributed by atoms with Gasteiger partial charge in [-0.2, -0.15) is 0 Å². The molecule has 0 heterocycles. The summed E-state index contributed by atoms with van der Waals surface area (Å²) < 4.78 is 37.3. The summed E-state index contributed by atoms with van der Waals surface area (Å²) in [6, 6.07) is 52.0. The van der Waals surface area contributed by atoms with Crippen LogP contribution in [0.3, 0.4) is 0 Å². The molecule has 0 aliphatic rings. The zero-order valence-electron chi connectivity index (χ0n) is 49.4. The van der Waals surface area contributed by atoms with Crippen molar-refractivity contribution >= 4 is 153 Å². The molecule has 12 nitrogen and oxygen atoms in total. The van der Waals surface area contributed by atoms with Crippen LogP contribution in [-0.2, 0) is 28.8 Å². The molecule has 0 N–H and O–H groups in total. The van der Waals surface area contributed by atoms with Crippen molar-refractivity contribution in [1.29, 1.82) is 0 Å². The van der Waals surface area contributed by atoms with Crippen molar-refractivity contribution in [2.24, 2.45) is 0 Å². The maximum atomic E-state index is 12.6. The monoisotopic (exact) mass is 1930 g/mol. The van der Waals surface area contributed by atoms with E-state index in [9.17, 15) is 28.8 Å². The van der Waals surface area contributed by atoms with Gasteiger partial charge in [-0.25, -0.2) is 0 Å². The summed E-state index contributed by atoms with van der Waals surface area (Å²) in [6.45, 7) is 21.9. The average molecular weight is 1930 g/mol. The first-order chi connectivity index (χ1) is 45.2. The molecule has 0 bridgehead atoms. The molecule has 468 valence electrons. The molecule has 7 rings (SSSR count). The molecule has 0 saturated heterocycles. The molecule has 0 radical (unpaired) electrons. The molecule has 0 fully saturated rings. The van der Waals surface area contributed by atoms with Crippen LogP contribution in [0, 0.1) is 0 Å². The Morgan fingerprint density at radius 1 is 0.247 bits per heavy atom. The van der Waals surface area contributed by atoms with Gasteiger partial charge in [0.1, 0.15) is 0 Å². The SMILES string of the molecule is C=CC=CC(=O)Oc1ccc([S][Bi]([S]c2ccc(OC(=O)C=CC=C)cc2)[c]2c[c]([Bi]([S]c3ccc(OC(=O)C=CC=C)cc3)[S]c3ccc(OC(=O)C=CC=C)cc3)c[c]([Bi]([S]c3ccc(OC(=O)C=CC=C)cc3)[S]c3ccc(OC(=O)C=CC=C)cc3)c2)cc1. The average Bonchev–Trinajstić information content (AvgIpc) is 0.845. The number of ether oxygens (including phenoxy) is 6. The molecular formula is C72H57Bi3O12S6. The van der Waals surface area contributed by atoms with Crippen LogP contribution in [0.4, 0.5) is 0 Å². The predicted molar refractivity (Wildman–Crippen MR) is 386 cm³/mol. The number of carbonyl (C=O) groups is 6. The minimum absolute atomic E-state index is 0.378. The number of esters is 6. The Bertz CT molecular complexity index is 3340. The van der Waals surface area contributed by atoms with E-state index in [1.54, 1.807) is 72.8 Å². The first-order valence-corrected chi connectivity index (χ1v) is 62.9. The van der Waals surface area contributed by atoms with Crippen LogP contribution in [0.5, 0.6) is 34.5 Å². The molecule has 0 saturated carbocycles. The topological polar surface area (TPSA) is 158 Å². The Kier molecular flexibility index (Phi) is 31.8. The molecule has 21 heteroatoms. The predicted octanol–water partition coefficient (Wildman–Crippen LogP) is 15.4. The van der Waals surface area contributed by atoms with Gasteiger partial charge in [-0.1, -0.05) is 0 Å². The quantitative estimate of drug-likeness (QED) is 0.0126. The normalized spacial score (nSPS) is 11.4. The van der Waals surface area contributed by atoms with Crippen molar-refractivity contribution in [1.82, 2.24) is 0 Å². The molecule has 0 aliphatic carbocycles. The van der Waals surface area contributed by atoms with Crippen LogP contribution in [0.2, 0.25) is 0 Å². The second kappa shape index (κ2) is 40.3. The Morgan fingerprint density at radius 2 is 0.387 bits per heavy atom. The summed E-state index contributed by atoms with van der Waals surface area (Å²) >= 11 is -10.1. The number of hydrogen-bond acceptors (Lipinski definition) is 18. The Balaban J connectivity index is 1.42. The number of allylic oxidation sites excluding steroid dienone is 12. The first-order valence-electron chi connectivity index (χ1n) is 27.5. The molecule has 93 heavy (non-hydrogen) atoms. The first kappa shape index (κ1) is 73.4. The fraction of sp³-hybridized carbons (Fsp3) is 0. The van der Waals surface area contributed by atoms with E-state index in [-0.39, 0.29) is 0 Å². The van der Waals surface area contributed by atoms with Gasteiger partial charge in [-0.3, -0.25) is 0 Å². The van der Waals surface area contributed by atoms with Crippen molar-refractivity contribution in [3.05, 3.63) is 313 Å². The molecule has 0 unspecified atom stereocenters. The second-order valence-corrected chi connectivity index (χ2v) is 72.0. The number of carbonyl (C=O) groups excluding carboxylic acids is 6. The van der Waals surface area contributed by atoms with E-state index in [1.807, 2.05) is 124 Å². The van der Waals surface area contributed by atoms with E-state index in [0.717, 1.165) is 29.4 Å². The Labute approximate surface area is 580 Å². The van der Waals surface area contributed by atoms with E-state index in [2.05, 4.69) is 57.7 Å². The minimum atomic E-state index is -3.36. The summed E-state index contributed by atoms with van der Waals surface area (Å²) in [6.07, 6.45) is 25.9. The molecule has 0 atom stereocenters. The van der Waals surface area contributed by atoms with Crippen LogP contribution in [0.15, 0.2) is 342 Å². The third kappa shape index (κ3) is 26.4. The van der Waals surface area contributed by atoms with E-state index < -0.39 is 92.3 Å². The summed E-state index contributed by atoms with van der Waals surface area (Å²) in [5.74, 6) is -0.955. The standard InChI is InChI=1S/6C11H10O2S.C6H3.3Bi/c6*1-2-3-4-11(12)13-9-5-7-10(14)8-6-9;1-2-4-6-5-3-1;;;/h6*2-8,14H,1H2;1,4-5H;;;/q;;;;;;;3*+2/p-6. The van der Waals surface area contributed by atoms with Crippen molar-refractivity contribution in [2.45, 2.75) is 29.4 Å². The molecule has 0 aromatic heterocycles. The van der Waals surface area contributed by atoms with Crippen LogP contribution < -0.4 is 38.2 Å². The molecule has 0 spiro atoms. The zero-order valence-corrected chi connectivity index (χ0v) is 64.7. The van der Waals surface area contributed by atoms with E-state index in [4.69, 9.17) is 28.4 Å². The van der Waals surface area contributed by atoms with Gasteiger partial charge in [0.25, 0.3) is 0 Å². The molecule has 7 aromatic carbocycles. The van der Waals surface area contributed by atoms with Gasteiger partial charge in [0, 0.05) is 0 Å². The molecular weight excluding hydrogens is 1880 g/mol. The summed E-state index contributed by atoms with van der Waals surface area (Å²) in [7, 11) is 10.9. The summed E-state index contributed by atoms with van der Waals surface area (Å²) in [5, 5.41) is 0. The molecule has 0 amide bonds. The van der Waals surface area contributed by atoms with Crippen LogP contribution in [-0.4, -0.2) is 92.3 Å². The molecule has 0 aliphatic heterocycles. The number of hydrogen-bond donors (Lipinski definition) is 0. The Morgan fingerprint density at radius 3 is 0.516 bits per heavy atom. The van der Waals surface area contributed by atoms with Crippen LogP contribution >= 0.6 is 51.1 Å². The van der Waals surface area contributed by atoms with Crippen molar-refractivity contribution in [2.75, 3.05) is 0 Å². The summed E-state index contributed by atoms with van der Waals surface area (Å²) in [4.78, 5) is 81.7. The van der Waals surface area contributed by atoms with Gasteiger partial charge >= 0.3 is 587 Å². The third-order valence-electron chi connectivity index (χ3n) is 11.1. The maximum absolute atomic E-state index is 12.6. The van der Waals surface area contributed by atoms with E-state index in [1.165, 1.54) is 119 Å². The fourth-order valence-electron chi connectivity index (χ4n) is 7.03. The fourth-order valence-corrected chi connectivity index (χ4v) is 73.9. The number of rotatable bonds is 33. The number of benzene rings is 7.